The standard InChI is InChI=1S/C15H14BrFN2O2/c1-9-7-11(16)8-19(15(9)21)10(2)14(20)18-13-5-3-12(17)4-6-13/h3-8,10H,1-2H3,(H,18,20). The molecular weight excluding hydrogens is 339 g/mol. The summed E-state index contributed by atoms with van der Waals surface area (Å²) < 4.78 is 14.9. The molecule has 1 unspecified atom stereocenters. The summed E-state index contributed by atoms with van der Waals surface area (Å²) in [5.41, 5.74) is 0.804. The van der Waals surface area contributed by atoms with Gasteiger partial charge in [-0.25, -0.2) is 4.39 Å². The van der Waals surface area contributed by atoms with E-state index in [-0.39, 0.29) is 17.3 Å². The number of pyridine rings is 1. The fourth-order valence-electron chi connectivity index (χ4n) is 1.89. The van der Waals surface area contributed by atoms with Gasteiger partial charge in [0.1, 0.15) is 11.9 Å². The number of halogens is 2. The van der Waals surface area contributed by atoms with Crippen molar-refractivity contribution in [3.63, 3.8) is 0 Å². The summed E-state index contributed by atoms with van der Waals surface area (Å²) in [5, 5.41) is 2.65. The molecule has 1 N–H and O–H groups in total. The number of hydrogen-bond acceptors (Lipinski definition) is 2. The Morgan fingerprint density at radius 2 is 1.95 bits per heavy atom. The van der Waals surface area contributed by atoms with Gasteiger partial charge in [0.15, 0.2) is 0 Å². The third-order valence-electron chi connectivity index (χ3n) is 3.10. The number of anilines is 1. The van der Waals surface area contributed by atoms with Crippen molar-refractivity contribution in [3.05, 3.63) is 62.7 Å². The molecular formula is C15H14BrFN2O2. The normalized spacial score (nSPS) is 12.0. The summed E-state index contributed by atoms with van der Waals surface area (Å²) >= 11 is 3.31. The van der Waals surface area contributed by atoms with Crippen LogP contribution in [0.5, 0.6) is 0 Å². The van der Waals surface area contributed by atoms with Gasteiger partial charge in [0.05, 0.1) is 0 Å². The van der Waals surface area contributed by atoms with E-state index in [9.17, 15) is 14.0 Å². The van der Waals surface area contributed by atoms with Gasteiger partial charge in [0, 0.05) is 21.9 Å². The van der Waals surface area contributed by atoms with Crippen molar-refractivity contribution in [2.75, 3.05) is 5.32 Å². The lowest BCUT2D eigenvalue weighted by atomic mass is 10.2. The molecule has 2 rings (SSSR count). The predicted molar refractivity (Wildman–Crippen MR) is 82.9 cm³/mol. The summed E-state index contributed by atoms with van der Waals surface area (Å²) in [6.07, 6.45) is 1.57. The first-order valence-electron chi connectivity index (χ1n) is 6.33. The number of nitrogens with zero attached hydrogens (tertiary/aromatic N) is 1. The smallest absolute Gasteiger partial charge is 0.254 e. The second kappa shape index (κ2) is 6.22. The highest BCUT2D eigenvalue weighted by molar-refractivity contribution is 9.10. The molecule has 1 aromatic heterocycles. The van der Waals surface area contributed by atoms with Gasteiger partial charge < -0.3 is 9.88 Å². The lowest BCUT2D eigenvalue weighted by Gasteiger charge is -2.16. The van der Waals surface area contributed by atoms with Gasteiger partial charge in [-0.2, -0.15) is 0 Å². The van der Waals surface area contributed by atoms with E-state index in [1.54, 1.807) is 26.1 Å². The number of aromatic nitrogens is 1. The summed E-state index contributed by atoms with van der Waals surface area (Å²) in [6.45, 7) is 3.32. The van der Waals surface area contributed by atoms with E-state index in [0.29, 0.717) is 11.3 Å². The molecule has 4 nitrogen and oxygen atoms in total. The maximum Gasteiger partial charge on any atom is 0.254 e. The minimum absolute atomic E-state index is 0.222. The van der Waals surface area contributed by atoms with Gasteiger partial charge in [-0.15, -0.1) is 0 Å². The summed E-state index contributed by atoms with van der Waals surface area (Å²) in [6, 6.07) is 6.47. The second-order valence-corrected chi connectivity index (χ2v) is 5.64. The molecule has 0 fully saturated rings. The first kappa shape index (κ1) is 15.4. The lowest BCUT2D eigenvalue weighted by molar-refractivity contribution is -0.118. The Morgan fingerprint density at radius 1 is 1.33 bits per heavy atom. The number of carbonyl (C=O) groups is 1. The van der Waals surface area contributed by atoms with Gasteiger partial charge in [0.2, 0.25) is 5.91 Å². The van der Waals surface area contributed by atoms with E-state index in [4.69, 9.17) is 0 Å². The van der Waals surface area contributed by atoms with E-state index in [1.165, 1.54) is 28.8 Å². The highest BCUT2D eigenvalue weighted by Gasteiger charge is 2.17. The second-order valence-electron chi connectivity index (χ2n) is 4.73. The summed E-state index contributed by atoms with van der Waals surface area (Å²) in [4.78, 5) is 24.3. The van der Waals surface area contributed by atoms with Crippen molar-refractivity contribution in [1.29, 1.82) is 0 Å². The largest absolute Gasteiger partial charge is 0.324 e. The number of carbonyl (C=O) groups excluding carboxylic acids is 1. The average molecular weight is 353 g/mol. The van der Waals surface area contributed by atoms with Gasteiger partial charge in [-0.3, -0.25) is 9.59 Å². The van der Waals surface area contributed by atoms with Crippen LogP contribution in [0.3, 0.4) is 0 Å². The number of benzene rings is 1. The maximum atomic E-state index is 12.8. The monoisotopic (exact) mass is 352 g/mol. The van der Waals surface area contributed by atoms with Gasteiger partial charge in [0.25, 0.3) is 5.56 Å². The third-order valence-corrected chi connectivity index (χ3v) is 3.53. The van der Waals surface area contributed by atoms with Crippen LogP contribution in [0.15, 0.2) is 45.8 Å². The van der Waals surface area contributed by atoms with Gasteiger partial charge >= 0.3 is 0 Å². The minimum Gasteiger partial charge on any atom is -0.324 e. The molecule has 21 heavy (non-hydrogen) atoms. The molecule has 1 aromatic carbocycles. The molecule has 0 radical (unpaired) electrons. The quantitative estimate of drug-likeness (QED) is 0.921. The van der Waals surface area contributed by atoms with Gasteiger partial charge in [-0.05, 0) is 60.1 Å². The van der Waals surface area contributed by atoms with E-state index in [2.05, 4.69) is 21.2 Å². The van der Waals surface area contributed by atoms with Crippen LogP contribution in [0, 0.1) is 12.7 Å². The molecule has 0 aliphatic carbocycles. The first-order valence-corrected chi connectivity index (χ1v) is 7.12. The van der Waals surface area contributed by atoms with Crippen molar-refractivity contribution in [3.8, 4) is 0 Å². The Morgan fingerprint density at radius 3 is 2.57 bits per heavy atom. The minimum atomic E-state index is -0.682. The van der Waals surface area contributed by atoms with Crippen LogP contribution < -0.4 is 10.9 Å². The Kier molecular flexibility index (Phi) is 4.57. The maximum absolute atomic E-state index is 12.8. The SMILES string of the molecule is Cc1cc(Br)cn(C(C)C(=O)Nc2ccc(F)cc2)c1=O. The van der Waals surface area contributed by atoms with Crippen LogP contribution in [0.2, 0.25) is 0 Å². The zero-order chi connectivity index (χ0) is 15.6. The topological polar surface area (TPSA) is 51.1 Å². The third kappa shape index (κ3) is 3.58. The number of nitrogens with one attached hydrogen (secondary N) is 1. The molecule has 1 atom stereocenters. The molecule has 0 saturated carbocycles. The van der Waals surface area contributed by atoms with Crippen molar-refractivity contribution in [2.45, 2.75) is 19.9 Å². The highest BCUT2D eigenvalue weighted by Crippen LogP contribution is 2.15. The van der Waals surface area contributed by atoms with Crippen LogP contribution in [-0.2, 0) is 4.79 Å². The Bertz CT molecular complexity index is 725. The highest BCUT2D eigenvalue weighted by atomic mass is 79.9. The Balaban J connectivity index is 2.23. The van der Waals surface area contributed by atoms with E-state index in [0.717, 1.165) is 4.47 Å². The van der Waals surface area contributed by atoms with E-state index in [1.807, 2.05) is 0 Å². The average Bonchev–Trinajstić information content (AvgIpc) is 2.44. The summed E-state index contributed by atoms with van der Waals surface area (Å²) in [5.74, 6) is -0.721. The number of rotatable bonds is 3. The molecule has 2 aromatic rings. The van der Waals surface area contributed by atoms with Crippen LogP contribution in [0.25, 0.3) is 0 Å². The van der Waals surface area contributed by atoms with Crippen molar-refractivity contribution in [1.82, 2.24) is 4.57 Å². The Labute approximate surface area is 129 Å². The fraction of sp³-hybridized carbons (Fsp3) is 0.200. The number of aryl methyl sites for hydroxylation is 1. The fourth-order valence-corrected chi connectivity index (χ4v) is 2.46. The van der Waals surface area contributed by atoms with E-state index >= 15 is 0 Å². The number of hydrogen-bond donors (Lipinski definition) is 1. The first-order chi connectivity index (χ1) is 9.88. The van der Waals surface area contributed by atoms with Crippen molar-refractivity contribution >= 4 is 27.5 Å². The van der Waals surface area contributed by atoms with Gasteiger partial charge in [-0.1, -0.05) is 0 Å². The molecule has 0 spiro atoms. The molecule has 6 heteroatoms. The van der Waals surface area contributed by atoms with Crippen molar-refractivity contribution in [2.24, 2.45) is 0 Å². The van der Waals surface area contributed by atoms with Crippen LogP contribution in [0.4, 0.5) is 10.1 Å². The molecule has 110 valence electrons. The Hall–Kier alpha value is -1.95. The summed E-state index contributed by atoms with van der Waals surface area (Å²) in [7, 11) is 0. The molecule has 0 bridgehead atoms. The van der Waals surface area contributed by atoms with E-state index < -0.39 is 6.04 Å². The predicted octanol–water partition coefficient (Wildman–Crippen LogP) is 3.26. The molecule has 1 heterocycles. The lowest BCUT2D eigenvalue weighted by Crippen LogP contribution is -2.32. The van der Waals surface area contributed by atoms with Crippen LogP contribution in [0.1, 0.15) is 18.5 Å². The zero-order valence-electron chi connectivity index (χ0n) is 11.6. The molecule has 0 saturated heterocycles. The van der Waals surface area contributed by atoms with Crippen LogP contribution >= 0.6 is 15.9 Å². The molecule has 0 aliphatic heterocycles. The molecule has 0 aliphatic rings. The van der Waals surface area contributed by atoms with Crippen LogP contribution in [-0.4, -0.2) is 10.5 Å². The number of amides is 1. The van der Waals surface area contributed by atoms with Crippen molar-refractivity contribution < 1.29 is 9.18 Å². The zero-order valence-corrected chi connectivity index (χ0v) is 13.1. The molecule has 1 amide bonds.